The number of aromatic nitrogens is 1. The number of nitrogens with zero attached hydrogens (tertiary/aromatic N) is 2. The fourth-order valence-corrected chi connectivity index (χ4v) is 3.63. The van der Waals surface area contributed by atoms with Gasteiger partial charge in [0.1, 0.15) is 0 Å². The summed E-state index contributed by atoms with van der Waals surface area (Å²) in [6.07, 6.45) is 7.40. The maximum absolute atomic E-state index is 4.57. The summed E-state index contributed by atoms with van der Waals surface area (Å²) in [4.78, 5) is 7.11. The lowest BCUT2D eigenvalue weighted by molar-refractivity contribution is 0.133. The molecule has 1 heterocycles. The minimum absolute atomic E-state index is 0.725. The predicted octanol–water partition coefficient (Wildman–Crippen LogP) is 4.25. The van der Waals surface area contributed by atoms with E-state index in [9.17, 15) is 0 Å². The molecule has 1 aromatic carbocycles. The van der Waals surface area contributed by atoms with Gasteiger partial charge < -0.3 is 0 Å². The van der Waals surface area contributed by atoms with Crippen LogP contribution in [0.5, 0.6) is 0 Å². The molecule has 2 atom stereocenters. The fourth-order valence-electron chi connectivity index (χ4n) is 3.63. The second-order valence-corrected chi connectivity index (χ2v) is 6.24. The fraction of sp³-hybridized carbons (Fsp3) is 0.500. The van der Waals surface area contributed by atoms with Gasteiger partial charge in [-0.05, 0) is 37.4 Å². The van der Waals surface area contributed by atoms with Crippen LogP contribution in [0.15, 0.2) is 36.5 Å². The van der Waals surface area contributed by atoms with Crippen LogP contribution in [-0.4, -0.2) is 23.0 Å². The quantitative estimate of drug-likeness (QED) is 0.827. The van der Waals surface area contributed by atoms with Gasteiger partial charge in [0.15, 0.2) is 0 Å². The molecule has 2 nitrogen and oxygen atoms in total. The van der Waals surface area contributed by atoms with Crippen LogP contribution in [0.3, 0.4) is 0 Å². The smallest absolute Gasteiger partial charge is 0.0746 e. The average Bonchev–Trinajstić information content (AvgIpc) is 2.48. The lowest BCUT2D eigenvalue weighted by Crippen LogP contribution is -2.38. The van der Waals surface area contributed by atoms with Crippen molar-refractivity contribution in [2.75, 3.05) is 7.05 Å². The zero-order chi connectivity index (χ0) is 13.9. The Bertz CT molecular complexity index is 573. The van der Waals surface area contributed by atoms with E-state index in [0.717, 1.165) is 24.0 Å². The molecule has 1 aliphatic rings. The van der Waals surface area contributed by atoms with Crippen molar-refractivity contribution in [1.29, 1.82) is 0 Å². The summed E-state index contributed by atoms with van der Waals surface area (Å²) in [5.74, 6) is 0.816. The molecular weight excluding hydrogens is 244 g/mol. The zero-order valence-electron chi connectivity index (χ0n) is 12.5. The molecule has 3 rings (SSSR count). The monoisotopic (exact) mass is 268 g/mol. The second kappa shape index (κ2) is 5.92. The first-order valence-corrected chi connectivity index (χ1v) is 7.78. The molecule has 0 saturated heterocycles. The highest BCUT2D eigenvalue weighted by Crippen LogP contribution is 2.29. The summed E-state index contributed by atoms with van der Waals surface area (Å²) >= 11 is 0. The molecule has 1 aliphatic carbocycles. The van der Waals surface area contributed by atoms with Crippen molar-refractivity contribution >= 4 is 10.9 Å². The molecule has 20 heavy (non-hydrogen) atoms. The number of rotatable bonds is 3. The third-order valence-electron chi connectivity index (χ3n) is 4.77. The van der Waals surface area contributed by atoms with Crippen LogP contribution >= 0.6 is 0 Å². The Kier molecular flexibility index (Phi) is 4.02. The SMILES string of the molecule is CC1CCCCC1N(C)Cc1cccc2cccnc12. The van der Waals surface area contributed by atoms with Gasteiger partial charge in [-0.3, -0.25) is 9.88 Å². The van der Waals surface area contributed by atoms with E-state index in [0.29, 0.717) is 0 Å². The average molecular weight is 268 g/mol. The molecule has 0 bridgehead atoms. The number of hydrogen-bond acceptors (Lipinski definition) is 2. The number of hydrogen-bond donors (Lipinski definition) is 0. The minimum Gasteiger partial charge on any atom is -0.299 e. The lowest BCUT2D eigenvalue weighted by atomic mass is 9.85. The van der Waals surface area contributed by atoms with Crippen molar-refractivity contribution in [2.24, 2.45) is 5.92 Å². The van der Waals surface area contributed by atoms with E-state index in [1.165, 1.54) is 36.6 Å². The molecule has 1 aromatic heterocycles. The number of benzene rings is 1. The molecule has 0 N–H and O–H groups in total. The molecule has 1 fully saturated rings. The Morgan fingerprint density at radius 2 is 1.95 bits per heavy atom. The van der Waals surface area contributed by atoms with Crippen molar-refractivity contribution in [2.45, 2.75) is 45.2 Å². The number of pyridine rings is 1. The zero-order valence-corrected chi connectivity index (χ0v) is 12.5. The summed E-state index contributed by atoms with van der Waals surface area (Å²) in [6, 6.07) is 11.4. The van der Waals surface area contributed by atoms with Crippen molar-refractivity contribution in [3.63, 3.8) is 0 Å². The Morgan fingerprint density at radius 1 is 1.15 bits per heavy atom. The van der Waals surface area contributed by atoms with Crippen LogP contribution in [0.2, 0.25) is 0 Å². The van der Waals surface area contributed by atoms with Crippen molar-refractivity contribution in [3.8, 4) is 0 Å². The molecule has 1 saturated carbocycles. The molecule has 0 amide bonds. The summed E-state index contributed by atoms with van der Waals surface area (Å²) in [5, 5.41) is 1.25. The van der Waals surface area contributed by atoms with Crippen LogP contribution in [0.1, 0.15) is 38.2 Å². The molecular formula is C18H24N2. The molecule has 0 spiro atoms. The summed E-state index contributed by atoms with van der Waals surface area (Å²) in [6.45, 7) is 3.41. The summed E-state index contributed by atoms with van der Waals surface area (Å²) < 4.78 is 0. The highest BCUT2D eigenvalue weighted by molar-refractivity contribution is 5.81. The Labute approximate surface area is 121 Å². The van der Waals surface area contributed by atoms with E-state index >= 15 is 0 Å². The second-order valence-electron chi connectivity index (χ2n) is 6.24. The van der Waals surface area contributed by atoms with E-state index in [4.69, 9.17) is 0 Å². The number of fused-ring (bicyclic) bond motifs is 1. The Hall–Kier alpha value is -1.41. The highest BCUT2D eigenvalue weighted by Gasteiger charge is 2.25. The van der Waals surface area contributed by atoms with Crippen LogP contribution in [-0.2, 0) is 6.54 Å². The standard InChI is InChI=1S/C18H24N2/c1-14-7-3-4-11-17(14)20(2)13-16-9-5-8-15-10-6-12-19-18(15)16/h5-6,8-10,12,14,17H,3-4,7,11,13H2,1-2H3. The maximum Gasteiger partial charge on any atom is 0.0746 e. The van der Waals surface area contributed by atoms with Crippen molar-refractivity contribution < 1.29 is 0 Å². The normalized spacial score (nSPS) is 23.4. The minimum atomic E-state index is 0.725. The number of para-hydroxylation sites is 1. The van der Waals surface area contributed by atoms with E-state index in [-0.39, 0.29) is 0 Å². The van der Waals surface area contributed by atoms with E-state index < -0.39 is 0 Å². The van der Waals surface area contributed by atoms with E-state index in [1.807, 2.05) is 12.3 Å². The van der Waals surface area contributed by atoms with Gasteiger partial charge in [-0.25, -0.2) is 0 Å². The van der Waals surface area contributed by atoms with Crippen molar-refractivity contribution in [3.05, 3.63) is 42.1 Å². The first-order chi connectivity index (χ1) is 9.75. The Morgan fingerprint density at radius 3 is 2.80 bits per heavy atom. The van der Waals surface area contributed by atoms with Crippen LogP contribution in [0, 0.1) is 5.92 Å². The van der Waals surface area contributed by atoms with Crippen molar-refractivity contribution in [1.82, 2.24) is 9.88 Å². The maximum atomic E-state index is 4.57. The molecule has 2 aromatic rings. The Balaban J connectivity index is 1.82. The van der Waals surface area contributed by atoms with Gasteiger partial charge in [0, 0.05) is 24.2 Å². The van der Waals surface area contributed by atoms with Crippen LogP contribution in [0.4, 0.5) is 0 Å². The van der Waals surface area contributed by atoms with Gasteiger partial charge in [0.05, 0.1) is 5.52 Å². The molecule has 0 aliphatic heterocycles. The predicted molar refractivity (Wildman–Crippen MR) is 84.6 cm³/mol. The highest BCUT2D eigenvalue weighted by atomic mass is 15.1. The lowest BCUT2D eigenvalue weighted by Gasteiger charge is -2.36. The van der Waals surface area contributed by atoms with Gasteiger partial charge in [0.25, 0.3) is 0 Å². The molecule has 2 heteroatoms. The third kappa shape index (κ3) is 2.71. The summed E-state index contributed by atoms with van der Waals surface area (Å²) in [5.41, 5.74) is 2.51. The van der Waals surface area contributed by atoms with Gasteiger partial charge in [-0.2, -0.15) is 0 Å². The third-order valence-corrected chi connectivity index (χ3v) is 4.77. The van der Waals surface area contributed by atoms with Gasteiger partial charge in [0.2, 0.25) is 0 Å². The van der Waals surface area contributed by atoms with E-state index in [1.54, 1.807) is 0 Å². The van der Waals surface area contributed by atoms with Gasteiger partial charge in [-0.15, -0.1) is 0 Å². The van der Waals surface area contributed by atoms with Gasteiger partial charge >= 0.3 is 0 Å². The molecule has 2 unspecified atom stereocenters. The van der Waals surface area contributed by atoms with Gasteiger partial charge in [-0.1, -0.05) is 44.0 Å². The first kappa shape index (κ1) is 13.6. The largest absolute Gasteiger partial charge is 0.299 e. The first-order valence-electron chi connectivity index (χ1n) is 7.78. The van der Waals surface area contributed by atoms with E-state index in [2.05, 4.69) is 48.1 Å². The molecule has 106 valence electrons. The topological polar surface area (TPSA) is 16.1 Å². The summed E-state index contributed by atoms with van der Waals surface area (Å²) in [7, 11) is 2.27. The van der Waals surface area contributed by atoms with Crippen LogP contribution < -0.4 is 0 Å². The van der Waals surface area contributed by atoms with Crippen LogP contribution in [0.25, 0.3) is 10.9 Å². The molecule has 0 radical (unpaired) electrons.